The fourth-order valence-corrected chi connectivity index (χ4v) is 2.85. The quantitative estimate of drug-likeness (QED) is 0.706. The number of carbonyl (C=O) groups is 4. The summed E-state index contributed by atoms with van der Waals surface area (Å²) in [5, 5.41) is 2.67. The van der Waals surface area contributed by atoms with Gasteiger partial charge >= 0.3 is 11.9 Å². The first-order chi connectivity index (χ1) is 13.3. The van der Waals surface area contributed by atoms with Crippen molar-refractivity contribution in [2.45, 2.75) is 32.7 Å². The van der Waals surface area contributed by atoms with Crippen LogP contribution in [0.1, 0.15) is 47.4 Å². The van der Waals surface area contributed by atoms with E-state index in [0.717, 1.165) is 6.42 Å². The lowest BCUT2D eigenvalue weighted by Crippen LogP contribution is -2.57. The maximum Gasteiger partial charge on any atom is 0.337 e. The van der Waals surface area contributed by atoms with Crippen LogP contribution >= 0.6 is 0 Å². The van der Waals surface area contributed by atoms with E-state index in [1.165, 1.54) is 24.1 Å². The van der Waals surface area contributed by atoms with E-state index < -0.39 is 29.8 Å². The van der Waals surface area contributed by atoms with Crippen molar-refractivity contribution in [2.24, 2.45) is 5.92 Å². The molecule has 1 aromatic rings. The zero-order valence-electron chi connectivity index (χ0n) is 16.4. The van der Waals surface area contributed by atoms with E-state index in [1.807, 2.05) is 13.8 Å². The third kappa shape index (κ3) is 5.55. The molecule has 1 atom stereocenters. The molecule has 1 fully saturated rings. The summed E-state index contributed by atoms with van der Waals surface area (Å²) in [5.74, 6) is -1.52. The van der Waals surface area contributed by atoms with Gasteiger partial charge in [0.05, 0.1) is 25.7 Å². The summed E-state index contributed by atoms with van der Waals surface area (Å²) in [6.07, 6.45) is 0.512. The van der Waals surface area contributed by atoms with Gasteiger partial charge in [0.1, 0.15) is 6.04 Å². The Kier molecular flexibility index (Phi) is 7.54. The molecule has 1 aromatic carbocycles. The fraction of sp³-hybridized carbons (Fsp3) is 0.500. The van der Waals surface area contributed by atoms with Gasteiger partial charge in [0.25, 0.3) is 5.91 Å². The number of piperazine rings is 1. The molecule has 152 valence electrons. The number of nitrogens with zero attached hydrogens (tertiary/aromatic N) is 1. The van der Waals surface area contributed by atoms with Crippen molar-refractivity contribution in [2.75, 3.05) is 26.8 Å². The predicted molar refractivity (Wildman–Crippen MR) is 101 cm³/mol. The number of benzene rings is 1. The molecule has 1 aliphatic rings. The summed E-state index contributed by atoms with van der Waals surface area (Å²) in [6.45, 7) is 4.87. The van der Waals surface area contributed by atoms with E-state index in [2.05, 4.69) is 10.1 Å². The number of methoxy groups -OCH3 is 1. The van der Waals surface area contributed by atoms with Crippen molar-refractivity contribution in [1.29, 1.82) is 0 Å². The highest BCUT2D eigenvalue weighted by Crippen LogP contribution is 2.16. The Balaban J connectivity index is 2.12. The second-order valence-electron chi connectivity index (χ2n) is 6.98. The number of esters is 2. The number of hydrogen-bond acceptors (Lipinski definition) is 6. The average Bonchev–Trinajstić information content (AvgIpc) is 2.68. The molecule has 2 rings (SSSR count). The van der Waals surface area contributed by atoms with E-state index in [9.17, 15) is 19.2 Å². The molecule has 8 heteroatoms. The normalized spacial score (nSPS) is 16.5. The third-order valence-electron chi connectivity index (χ3n) is 4.44. The Morgan fingerprint density at radius 1 is 1.25 bits per heavy atom. The summed E-state index contributed by atoms with van der Waals surface area (Å²) in [5.41, 5.74) is 0.482. The van der Waals surface area contributed by atoms with Gasteiger partial charge in [-0.15, -0.1) is 0 Å². The highest BCUT2D eigenvalue weighted by Gasteiger charge is 2.35. The Morgan fingerprint density at radius 2 is 1.96 bits per heavy atom. The smallest absolute Gasteiger partial charge is 0.337 e. The fourth-order valence-electron chi connectivity index (χ4n) is 2.85. The van der Waals surface area contributed by atoms with Gasteiger partial charge in [-0.05, 0) is 30.5 Å². The van der Waals surface area contributed by atoms with Crippen molar-refractivity contribution in [3.8, 4) is 0 Å². The number of hydrogen-bond donors (Lipinski definition) is 1. The van der Waals surface area contributed by atoms with Crippen LogP contribution in [0, 0.1) is 5.92 Å². The average molecular weight is 390 g/mol. The monoisotopic (exact) mass is 390 g/mol. The maximum atomic E-state index is 12.9. The van der Waals surface area contributed by atoms with Crippen LogP contribution in [-0.2, 0) is 19.1 Å². The minimum atomic E-state index is -0.949. The van der Waals surface area contributed by atoms with Gasteiger partial charge in [-0.1, -0.05) is 19.9 Å². The van der Waals surface area contributed by atoms with Gasteiger partial charge in [0, 0.05) is 18.7 Å². The molecule has 28 heavy (non-hydrogen) atoms. The van der Waals surface area contributed by atoms with Crippen LogP contribution in [0.5, 0.6) is 0 Å². The first-order valence-corrected chi connectivity index (χ1v) is 9.26. The van der Waals surface area contributed by atoms with Crippen LogP contribution in [-0.4, -0.2) is 61.5 Å². The number of nitrogens with one attached hydrogen (secondary N) is 1. The Labute approximate surface area is 164 Å². The van der Waals surface area contributed by atoms with Crippen LogP contribution in [0.25, 0.3) is 0 Å². The lowest BCUT2D eigenvalue weighted by Gasteiger charge is -2.34. The van der Waals surface area contributed by atoms with Crippen molar-refractivity contribution in [3.63, 3.8) is 0 Å². The van der Waals surface area contributed by atoms with Crippen molar-refractivity contribution >= 4 is 23.8 Å². The standard InChI is InChI=1S/C20H26N2O6/c1-13(2)7-10-28-17(23)12-16-18(24)21-8-9-22(16)19(25)14-5-4-6-15(11-14)20(26)27-3/h4-6,11,13,16H,7-10,12H2,1-3H3,(H,21,24). The summed E-state index contributed by atoms with van der Waals surface area (Å²) in [7, 11) is 1.26. The van der Waals surface area contributed by atoms with Crippen LogP contribution in [0.2, 0.25) is 0 Å². The minimum absolute atomic E-state index is 0.216. The molecule has 2 amide bonds. The number of amides is 2. The van der Waals surface area contributed by atoms with Crippen molar-refractivity contribution in [3.05, 3.63) is 35.4 Å². The molecule has 8 nitrogen and oxygen atoms in total. The van der Waals surface area contributed by atoms with E-state index >= 15 is 0 Å². The molecule has 0 aromatic heterocycles. The molecule has 1 N–H and O–H groups in total. The zero-order valence-corrected chi connectivity index (χ0v) is 16.4. The number of rotatable bonds is 7. The molecule has 1 saturated heterocycles. The largest absolute Gasteiger partial charge is 0.466 e. The van der Waals surface area contributed by atoms with Gasteiger partial charge in [-0.3, -0.25) is 14.4 Å². The van der Waals surface area contributed by atoms with E-state index in [0.29, 0.717) is 12.5 Å². The molecule has 0 bridgehead atoms. The zero-order chi connectivity index (χ0) is 20.7. The summed E-state index contributed by atoms with van der Waals surface area (Å²) in [4.78, 5) is 50.4. The number of carbonyl (C=O) groups excluding carboxylic acids is 4. The van der Waals surface area contributed by atoms with Gasteiger partial charge < -0.3 is 19.7 Å². The lowest BCUT2D eigenvalue weighted by molar-refractivity contribution is -0.148. The van der Waals surface area contributed by atoms with Crippen LogP contribution in [0.4, 0.5) is 0 Å². The van der Waals surface area contributed by atoms with E-state index in [1.54, 1.807) is 12.1 Å². The molecule has 1 aliphatic heterocycles. The van der Waals surface area contributed by atoms with Crippen LogP contribution in [0.15, 0.2) is 24.3 Å². The molecule has 0 saturated carbocycles. The topological polar surface area (TPSA) is 102 Å². The van der Waals surface area contributed by atoms with Gasteiger partial charge in [-0.2, -0.15) is 0 Å². The molecule has 0 aliphatic carbocycles. The highest BCUT2D eigenvalue weighted by atomic mass is 16.5. The third-order valence-corrected chi connectivity index (χ3v) is 4.44. The predicted octanol–water partition coefficient (Wildman–Crippen LogP) is 1.39. The summed E-state index contributed by atoms with van der Waals surface area (Å²) >= 11 is 0. The summed E-state index contributed by atoms with van der Waals surface area (Å²) < 4.78 is 9.86. The van der Waals surface area contributed by atoms with Gasteiger partial charge in [0.15, 0.2) is 0 Å². The Morgan fingerprint density at radius 3 is 2.64 bits per heavy atom. The minimum Gasteiger partial charge on any atom is -0.466 e. The molecular weight excluding hydrogens is 364 g/mol. The number of ether oxygens (including phenoxy) is 2. The van der Waals surface area contributed by atoms with E-state index in [-0.39, 0.29) is 30.7 Å². The highest BCUT2D eigenvalue weighted by molar-refractivity contribution is 6.01. The second kappa shape index (κ2) is 9.87. The van der Waals surface area contributed by atoms with Crippen molar-refractivity contribution < 1.29 is 28.7 Å². The first kappa shape index (κ1) is 21.4. The summed E-state index contributed by atoms with van der Waals surface area (Å²) in [6, 6.07) is 5.13. The Hall–Kier alpha value is -2.90. The van der Waals surface area contributed by atoms with Gasteiger partial charge in [-0.25, -0.2) is 4.79 Å². The Bertz CT molecular complexity index is 746. The molecule has 1 heterocycles. The maximum absolute atomic E-state index is 12.9. The van der Waals surface area contributed by atoms with E-state index in [4.69, 9.17) is 4.74 Å². The molecular formula is C20H26N2O6. The molecule has 1 unspecified atom stereocenters. The first-order valence-electron chi connectivity index (χ1n) is 9.26. The van der Waals surface area contributed by atoms with Gasteiger partial charge in [0.2, 0.25) is 5.91 Å². The van der Waals surface area contributed by atoms with Crippen LogP contribution < -0.4 is 5.32 Å². The lowest BCUT2D eigenvalue weighted by atomic mass is 10.0. The van der Waals surface area contributed by atoms with Crippen molar-refractivity contribution in [1.82, 2.24) is 10.2 Å². The molecule has 0 radical (unpaired) electrons. The SMILES string of the molecule is COC(=O)c1cccc(C(=O)N2CCNC(=O)C2CC(=O)OCCC(C)C)c1. The molecule has 0 spiro atoms. The second-order valence-corrected chi connectivity index (χ2v) is 6.98. The van der Waals surface area contributed by atoms with Crippen LogP contribution in [0.3, 0.4) is 0 Å².